The summed E-state index contributed by atoms with van der Waals surface area (Å²) in [4.78, 5) is 14.1. The van der Waals surface area contributed by atoms with Gasteiger partial charge in [0.15, 0.2) is 0 Å². The first-order valence-electron chi connectivity index (χ1n) is 5.68. The van der Waals surface area contributed by atoms with Crippen LogP contribution in [-0.4, -0.2) is 13.0 Å². The van der Waals surface area contributed by atoms with E-state index < -0.39 is 0 Å². The van der Waals surface area contributed by atoms with Crippen LogP contribution < -0.4 is 4.90 Å². The van der Waals surface area contributed by atoms with Gasteiger partial charge < -0.3 is 4.90 Å². The average Bonchev–Trinajstić information content (AvgIpc) is 2.25. The number of hydrogen-bond donors (Lipinski definition) is 0. The van der Waals surface area contributed by atoms with Crippen LogP contribution in [0.15, 0.2) is 24.3 Å². The van der Waals surface area contributed by atoms with Crippen molar-refractivity contribution in [2.45, 2.75) is 33.1 Å². The summed E-state index contributed by atoms with van der Waals surface area (Å²) in [6.07, 6.45) is 0. The van der Waals surface area contributed by atoms with Gasteiger partial charge in [-0.1, -0.05) is 45.9 Å². The molecule has 0 aromatic heterocycles. The van der Waals surface area contributed by atoms with E-state index in [-0.39, 0.29) is 16.7 Å². The van der Waals surface area contributed by atoms with Gasteiger partial charge >= 0.3 is 0 Å². The van der Waals surface area contributed by atoms with E-state index in [2.05, 4.69) is 19.9 Å². The van der Waals surface area contributed by atoms with Gasteiger partial charge in [-0.05, 0) is 11.6 Å². The number of para-hydroxylation sites is 1. The fourth-order valence-electron chi connectivity index (χ4n) is 2.43. The van der Waals surface area contributed by atoms with Crippen LogP contribution in [0.1, 0.15) is 33.3 Å². The Kier molecular flexibility index (Phi) is 2.16. The van der Waals surface area contributed by atoms with Crippen molar-refractivity contribution in [1.82, 2.24) is 0 Å². The normalized spacial score (nSPS) is 21.8. The predicted molar refractivity (Wildman–Crippen MR) is 66.7 cm³/mol. The average molecular weight is 217 g/mol. The molecule has 0 unspecified atom stereocenters. The Morgan fingerprint density at radius 3 is 2.19 bits per heavy atom. The second-order valence-corrected chi connectivity index (χ2v) is 5.63. The van der Waals surface area contributed by atoms with E-state index in [1.807, 2.05) is 39.1 Å². The molecule has 2 heteroatoms. The lowest BCUT2D eigenvalue weighted by atomic mass is 9.61. The monoisotopic (exact) mass is 217 g/mol. The first kappa shape index (κ1) is 11.2. The number of amides is 1. The van der Waals surface area contributed by atoms with Crippen LogP contribution in [0, 0.1) is 5.41 Å². The van der Waals surface area contributed by atoms with Crippen molar-refractivity contribution in [2.24, 2.45) is 5.41 Å². The highest BCUT2D eigenvalue weighted by Crippen LogP contribution is 2.49. The molecule has 0 fully saturated rings. The summed E-state index contributed by atoms with van der Waals surface area (Å²) in [6.45, 7) is 8.36. The summed E-state index contributed by atoms with van der Waals surface area (Å²) in [6, 6.07) is 8.17. The van der Waals surface area contributed by atoms with E-state index in [0.717, 1.165) is 5.69 Å². The van der Waals surface area contributed by atoms with Crippen LogP contribution in [0.3, 0.4) is 0 Å². The fraction of sp³-hybridized carbons (Fsp3) is 0.500. The van der Waals surface area contributed by atoms with Crippen molar-refractivity contribution in [3.05, 3.63) is 29.8 Å². The van der Waals surface area contributed by atoms with Crippen molar-refractivity contribution in [1.29, 1.82) is 0 Å². The first-order chi connectivity index (χ1) is 7.30. The van der Waals surface area contributed by atoms with E-state index in [1.165, 1.54) is 5.56 Å². The topological polar surface area (TPSA) is 20.3 Å². The molecule has 1 amide bonds. The molecule has 0 bridgehead atoms. The van der Waals surface area contributed by atoms with Crippen LogP contribution in [0.5, 0.6) is 0 Å². The predicted octanol–water partition coefficient (Wildman–Crippen LogP) is 2.97. The molecule has 0 N–H and O–H groups in total. The lowest BCUT2D eigenvalue weighted by Gasteiger charge is -2.48. The summed E-state index contributed by atoms with van der Waals surface area (Å²) in [5.41, 5.74) is 1.79. The molecule has 1 heterocycles. The molecule has 2 nitrogen and oxygen atoms in total. The Morgan fingerprint density at radius 1 is 1.00 bits per heavy atom. The van der Waals surface area contributed by atoms with Gasteiger partial charge in [0.2, 0.25) is 5.91 Å². The van der Waals surface area contributed by atoms with Gasteiger partial charge in [-0.3, -0.25) is 4.79 Å². The van der Waals surface area contributed by atoms with Gasteiger partial charge in [0.05, 0.1) is 5.41 Å². The van der Waals surface area contributed by atoms with Crippen LogP contribution in [0.4, 0.5) is 5.69 Å². The van der Waals surface area contributed by atoms with Crippen molar-refractivity contribution < 1.29 is 4.79 Å². The molecular formula is C14H19NO. The molecule has 0 spiro atoms. The molecule has 0 atom stereocenters. The maximum atomic E-state index is 12.4. The minimum Gasteiger partial charge on any atom is -0.315 e. The first-order valence-corrected chi connectivity index (χ1v) is 5.68. The summed E-state index contributed by atoms with van der Waals surface area (Å²) in [5.74, 6) is 0.191. The number of fused-ring (bicyclic) bond motifs is 1. The Hall–Kier alpha value is -1.31. The molecule has 0 radical (unpaired) electrons. The summed E-state index contributed by atoms with van der Waals surface area (Å²) in [7, 11) is 1.86. The van der Waals surface area contributed by atoms with E-state index >= 15 is 0 Å². The fourth-order valence-corrected chi connectivity index (χ4v) is 2.43. The molecular weight excluding hydrogens is 198 g/mol. The van der Waals surface area contributed by atoms with E-state index in [9.17, 15) is 4.79 Å². The molecule has 1 aliphatic heterocycles. The van der Waals surface area contributed by atoms with E-state index in [4.69, 9.17) is 0 Å². The molecule has 1 aliphatic rings. The van der Waals surface area contributed by atoms with Gasteiger partial charge in [0.1, 0.15) is 0 Å². The molecule has 86 valence electrons. The summed E-state index contributed by atoms with van der Waals surface area (Å²) >= 11 is 0. The Bertz CT molecular complexity index is 446. The van der Waals surface area contributed by atoms with Gasteiger partial charge in [-0.2, -0.15) is 0 Å². The minimum atomic E-state index is -0.365. The molecule has 1 aromatic rings. The van der Waals surface area contributed by atoms with Crippen LogP contribution in [0.25, 0.3) is 0 Å². The van der Waals surface area contributed by atoms with Crippen molar-refractivity contribution >= 4 is 11.6 Å². The lowest BCUT2D eigenvalue weighted by molar-refractivity contribution is -0.130. The van der Waals surface area contributed by atoms with Crippen molar-refractivity contribution in [3.8, 4) is 0 Å². The molecule has 0 saturated heterocycles. The highest BCUT2D eigenvalue weighted by molar-refractivity contribution is 6.01. The maximum Gasteiger partial charge on any atom is 0.233 e. The van der Waals surface area contributed by atoms with Crippen LogP contribution in [-0.2, 0) is 10.2 Å². The summed E-state index contributed by atoms with van der Waals surface area (Å²) < 4.78 is 0. The van der Waals surface area contributed by atoms with Gasteiger partial charge in [-0.15, -0.1) is 0 Å². The van der Waals surface area contributed by atoms with E-state index in [1.54, 1.807) is 4.90 Å². The number of nitrogens with zero attached hydrogens (tertiary/aromatic N) is 1. The van der Waals surface area contributed by atoms with Crippen molar-refractivity contribution in [2.75, 3.05) is 11.9 Å². The quantitative estimate of drug-likeness (QED) is 0.654. The highest BCUT2D eigenvalue weighted by atomic mass is 16.2. The standard InChI is InChI=1S/C14H19NO/c1-13(2)10-8-6-7-9-11(10)15(5)12(16)14(13,3)4/h6-9H,1-5H3. The van der Waals surface area contributed by atoms with E-state index in [0.29, 0.717) is 0 Å². The molecule has 16 heavy (non-hydrogen) atoms. The summed E-state index contributed by atoms with van der Waals surface area (Å²) in [5, 5.41) is 0. The highest BCUT2D eigenvalue weighted by Gasteiger charge is 2.50. The maximum absolute atomic E-state index is 12.4. The Balaban J connectivity index is 2.73. The molecule has 0 aliphatic carbocycles. The number of anilines is 1. The number of benzene rings is 1. The zero-order chi connectivity index (χ0) is 12.1. The van der Waals surface area contributed by atoms with Crippen molar-refractivity contribution in [3.63, 3.8) is 0 Å². The number of hydrogen-bond acceptors (Lipinski definition) is 1. The number of rotatable bonds is 0. The van der Waals surface area contributed by atoms with Crippen LogP contribution >= 0.6 is 0 Å². The molecule has 2 rings (SSSR count). The number of carbonyl (C=O) groups excluding carboxylic acids is 1. The molecule has 1 aromatic carbocycles. The third-order valence-electron chi connectivity index (χ3n) is 4.34. The van der Waals surface area contributed by atoms with Gasteiger partial charge in [0.25, 0.3) is 0 Å². The second-order valence-electron chi connectivity index (χ2n) is 5.63. The Morgan fingerprint density at radius 2 is 1.56 bits per heavy atom. The largest absolute Gasteiger partial charge is 0.315 e. The SMILES string of the molecule is CN1C(=O)C(C)(C)C(C)(C)c2ccccc21. The van der Waals surface area contributed by atoms with Gasteiger partial charge in [0, 0.05) is 18.2 Å². The lowest BCUT2D eigenvalue weighted by Crippen LogP contribution is -2.53. The third kappa shape index (κ3) is 1.16. The van der Waals surface area contributed by atoms with Crippen LogP contribution in [0.2, 0.25) is 0 Å². The van der Waals surface area contributed by atoms with Gasteiger partial charge in [-0.25, -0.2) is 0 Å². The Labute approximate surface area is 97.3 Å². The minimum absolute atomic E-state index is 0.132. The zero-order valence-electron chi connectivity index (χ0n) is 10.7. The third-order valence-corrected chi connectivity index (χ3v) is 4.34. The zero-order valence-corrected chi connectivity index (χ0v) is 10.7. The number of carbonyl (C=O) groups is 1. The second kappa shape index (κ2) is 3.09. The molecule has 0 saturated carbocycles. The smallest absolute Gasteiger partial charge is 0.233 e.